The fourth-order valence-electron chi connectivity index (χ4n) is 5.01. The van der Waals surface area contributed by atoms with E-state index in [4.69, 9.17) is 0 Å². The molecule has 3 N–H and O–H groups in total. The maximum Gasteiger partial charge on any atom is 0.326 e. The van der Waals surface area contributed by atoms with Gasteiger partial charge in [0.25, 0.3) is 5.91 Å². The van der Waals surface area contributed by atoms with Gasteiger partial charge in [0.1, 0.15) is 0 Å². The summed E-state index contributed by atoms with van der Waals surface area (Å²) in [5.74, 6) is -1.75. The monoisotopic (exact) mass is 385 g/mol. The van der Waals surface area contributed by atoms with Crippen LogP contribution >= 0.6 is 0 Å². The molecule has 0 aliphatic heterocycles. The van der Waals surface area contributed by atoms with Crippen molar-refractivity contribution < 1.29 is 14.7 Å². The van der Waals surface area contributed by atoms with Crippen LogP contribution in [0.2, 0.25) is 0 Å². The molecule has 7 heteroatoms. The highest BCUT2D eigenvalue weighted by Gasteiger charge is 2.42. The summed E-state index contributed by atoms with van der Waals surface area (Å²) >= 11 is 0. The Labute approximate surface area is 163 Å². The number of carboxylic acid groups (broad SMARTS) is 1. The highest BCUT2D eigenvalue weighted by atomic mass is 16.4. The summed E-state index contributed by atoms with van der Waals surface area (Å²) in [5.41, 5.74) is 1.00. The van der Waals surface area contributed by atoms with Crippen LogP contribution in [0.4, 0.5) is 0 Å². The molecule has 2 saturated carbocycles. The van der Waals surface area contributed by atoms with Crippen LogP contribution in [-0.2, 0) is 4.79 Å². The molecular formula is C21H27N3O4. The van der Waals surface area contributed by atoms with E-state index in [1.807, 2.05) is 17.6 Å². The molecule has 1 amide bonds. The summed E-state index contributed by atoms with van der Waals surface area (Å²) < 4.78 is 1.81. The van der Waals surface area contributed by atoms with Crippen molar-refractivity contribution in [2.45, 2.75) is 69.9 Å². The number of aliphatic carboxylic acids is 1. The molecule has 2 aromatic rings. The van der Waals surface area contributed by atoms with Gasteiger partial charge in [-0.15, -0.1) is 0 Å². The van der Waals surface area contributed by atoms with Crippen molar-refractivity contribution in [3.63, 3.8) is 0 Å². The summed E-state index contributed by atoms with van der Waals surface area (Å²) in [6, 6.07) is 5.45. The number of carbonyl (C=O) groups is 2. The third-order valence-electron chi connectivity index (χ3n) is 6.57. The van der Waals surface area contributed by atoms with E-state index in [1.54, 1.807) is 12.1 Å². The molecule has 2 atom stereocenters. The van der Waals surface area contributed by atoms with Crippen LogP contribution in [0, 0.1) is 5.92 Å². The Hall–Kier alpha value is -2.57. The van der Waals surface area contributed by atoms with Crippen LogP contribution in [0.25, 0.3) is 11.0 Å². The van der Waals surface area contributed by atoms with Gasteiger partial charge in [-0.2, -0.15) is 0 Å². The van der Waals surface area contributed by atoms with E-state index in [-0.39, 0.29) is 17.6 Å². The second kappa shape index (κ2) is 7.11. The lowest BCUT2D eigenvalue weighted by Gasteiger charge is -2.39. The molecule has 2 aliphatic carbocycles. The second-order valence-corrected chi connectivity index (χ2v) is 8.48. The van der Waals surface area contributed by atoms with E-state index in [0.29, 0.717) is 23.9 Å². The molecule has 28 heavy (non-hydrogen) atoms. The lowest BCUT2D eigenvalue weighted by Crippen LogP contribution is -2.55. The topological polar surface area (TPSA) is 104 Å². The van der Waals surface area contributed by atoms with E-state index >= 15 is 0 Å². The van der Waals surface area contributed by atoms with Gasteiger partial charge in [0.2, 0.25) is 0 Å². The first-order valence-corrected chi connectivity index (χ1v) is 10.2. The number of imidazole rings is 1. The summed E-state index contributed by atoms with van der Waals surface area (Å²) in [7, 11) is 0. The van der Waals surface area contributed by atoms with Crippen molar-refractivity contribution in [2.24, 2.45) is 5.92 Å². The Balaban J connectivity index is 1.61. The molecular weight excluding hydrogens is 358 g/mol. The molecule has 0 bridgehead atoms. The zero-order valence-corrected chi connectivity index (χ0v) is 16.2. The van der Waals surface area contributed by atoms with Gasteiger partial charge in [0.15, 0.2) is 0 Å². The van der Waals surface area contributed by atoms with E-state index in [9.17, 15) is 19.5 Å². The number of nitrogens with zero attached hydrogens (tertiary/aromatic N) is 1. The van der Waals surface area contributed by atoms with E-state index in [2.05, 4.69) is 10.3 Å². The number of hydrogen-bond donors (Lipinski definition) is 3. The quantitative estimate of drug-likeness (QED) is 0.752. The van der Waals surface area contributed by atoms with Gasteiger partial charge in [-0.05, 0) is 50.8 Å². The Kier molecular flexibility index (Phi) is 4.77. The normalized spacial score (nSPS) is 25.8. The molecule has 0 saturated heterocycles. The third kappa shape index (κ3) is 3.23. The van der Waals surface area contributed by atoms with Crippen LogP contribution < -0.4 is 11.0 Å². The molecule has 0 spiro atoms. The van der Waals surface area contributed by atoms with Gasteiger partial charge in [-0.3, -0.25) is 14.2 Å². The first-order chi connectivity index (χ1) is 13.4. The Morgan fingerprint density at radius 2 is 1.89 bits per heavy atom. The Bertz CT molecular complexity index is 970. The largest absolute Gasteiger partial charge is 0.481 e. The van der Waals surface area contributed by atoms with Crippen molar-refractivity contribution in [3.8, 4) is 0 Å². The molecule has 0 radical (unpaired) electrons. The summed E-state index contributed by atoms with van der Waals surface area (Å²) in [6.07, 6.45) is 7.26. The highest BCUT2D eigenvalue weighted by molar-refractivity contribution is 5.98. The van der Waals surface area contributed by atoms with Gasteiger partial charge in [-0.1, -0.05) is 25.7 Å². The average molecular weight is 385 g/mol. The number of fused-ring (bicyclic) bond motifs is 1. The molecule has 7 nitrogen and oxygen atoms in total. The number of hydrogen-bond acceptors (Lipinski definition) is 3. The zero-order valence-electron chi connectivity index (χ0n) is 16.2. The number of carboxylic acids is 1. The molecule has 2 fully saturated rings. The van der Waals surface area contributed by atoms with Crippen molar-refractivity contribution in [3.05, 3.63) is 34.2 Å². The SMILES string of the molecule is CC1(NC(=O)c2ccc3c(c2)[nH]c(=O)n3C2CCCC2)CCCCC1C(=O)O. The molecule has 1 heterocycles. The summed E-state index contributed by atoms with van der Waals surface area (Å²) in [5, 5.41) is 12.5. The number of nitrogens with one attached hydrogen (secondary N) is 2. The maximum absolute atomic E-state index is 12.9. The molecule has 1 aromatic heterocycles. The lowest BCUT2D eigenvalue weighted by atomic mass is 9.73. The molecule has 2 unspecified atom stereocenters. The molecule has 2 aliphatic rings. The molecule has 1 aromatic carbocycles. The minimum atomic E-state index is -0.865. The van der Waals surface area contributed by atoms with Gasteiger partial charge in [0, 0.05) is 11.6 Å². The third-order valence-corrected chi connectivity index (χ3v) is 6.57. The smallest absolute Gasteiger partial charge is 0.326 e. The predicted octanol–water partition coefficient (Wildman–Crippen LogP) is 3.21. The summed E-state index contributed by atoms with van der Waals surface area (Å²) in [6.45, 7) is 1.82. The number of rotatable bonds is 4. The maximum atomic E-state index is 12.9. The first-order valence-electron chi connectivity index (χ1n) is 10.2. The summed E-state index contributed by atoms with van der Waals surface area (Å²) in [4.78, 5) is 39.8. The van der Waals surface area contributed by atoms with Crippen LogP contribution in [0.1, 0.15) is 74.7 Å². The molecule has 150 valence electrons. The van der Waals surface area contributed by atoms with Crippen molar-refractivity contribution in [2.75, 3.05) is 0 Å². The minimum Gasteiger partial charge on any atom is -0.481 e. The fraction of sp³-hybridized carbons (Fsp3) is 0.571. The average Bonchev–Trinajstić information content (AvgIpc) is 3.27. The number of carbonyl (C=O) groups excluding carboxylic acids is 1. The van der Waals surface area contributed by atoms with Gasteiger partial charge >= 0.3 is 11.7 Å². The van der Waals surface area contributed by atoms with Crippen molar-refractivity contribution in [1.82, 2.24) is 14.9 Å². The highest BCUT2D eigenvalue weighted by Crippen LogP contribution is 2.34. The van der Waals surface area contributed by atoms with Crippen molar-refractivity contribution >= 4 is 22.9 Å². The lowest BCUT2D eigenvalue weighted by molar-refractivity contribution is -0.145. The zero-order chi connectivity index (χ0) is 19.9. The number of aromatic nitrogens is 2. The fourth-order valence-corrected chi connectivity index (χ4v) is 5.01. The van der Waals surface area contributed by atoms with E-state index < -0.39 is 17.4 Å². The van der Waals surface area contributed by atoms with Crippen molar-refractivity contribution in [1.29, 1.82) is 0 Å². The number of benzene rings is 1. The number of amides is 1. The van der Waals surface area contributed by atoms with Crippen LogP contribution in [0.15, 0.2) is 23.0 Å². The van der Waals surface area contributed by atoms with E-state index in [1.165, 1.54) is 0 Å². The Morgan fingerprint density at radius 1 is 1.18 bits per heavy atom. The minimum absolute atomic E-state index is 0.135. The predicted molar refractivity (Wildman–Crippen MR) is 106 cm³/mol. The van der Waals surface area contributed by atoms with E-state index in [0.717, 1.165) is 44.0 Å². The standard InChI is InChI=1S/C21H27N3O4/c1-21(11-5-4-8-15(21)19(26)27)23-18(25)13-9-10-17-16(12-13)22-20(28)24(17)14-6-2-3-7-14/h9-10,12,14-15H,2-8,11H2,1H3,(H,22,28)(H,23,25)(H,26,27). The van der Waals surface area contributed by atoms with Crippen LogP contribution in [0.3, 0.4) is 0 Å². The number of aromatic amines is 1. The molecule has 4 rings (SSSR count). The number of H-pyrrole nitrogens is 1. The van der Waals surface area contributed by atoms with Crippen LogP contribution in [-0.4, -0.2) is 32.1 Å². The van der Waals surface area contributed by atoms with Gasteiger partial charge in [0.05, 0.1) is 22.5 Å². The Morgan fingerprint density at radius 3 is 2.61 bits per heavy atom. The van der Waals surface area contributed by atoms with Gasteiger partial charge in [-0.25, -0.2) is 4.79 Å². The van der Waals surface area contributed by atoms with Gasteiger partial charge < -0.3 is 15.4 Å². The first kappa shape index (κ1) is 18.8. The second-order valence-electron chi connectivity index (χ2n) is 8.48. The van der Waals surface area contributed by atoms with Crippen LogP contribution in [0.5, 0.6) is 0 Å².